The molecule has 0 radical (unpaired) electrons. The molecule has 1 aromatic rings. The van der Waals surface area contributed by atoms with E-state index in [-0.39, 0.29) is 0 Å². The summed E-state index contributed by atoms with van der Waals surface area (Å²) in [6, 6.07) is 0. The molecule has 12 heavy (non-hydrogen) atoms. The van der Waals surface area contributed by atoms with Crippen molar-refractivity contribution in [1.82, 2.24) is 14.9 Å². The Bertz CT molecular complexity index is 247. The summed E-state index contributed by atoms with van der Waals surface area (Å²) < 4.78 is 0. The summed E-state index contributed by atoms with van der Waals surface area (Å²) >= 11 is 0. The van der Waals surface area contributed by atoms with E-state index in [1.54, 1.807) is 6.20 Å². The highest BCUT2D eigenvalue weighted by molar-refractivity contribution is 5.39. The zero-order valence-corrected chi connectivity index (χ0v) is 7.49. The second-order valence-corrected chi connectivity index (χ2v) is 2.98. The van der Waals surface area contributed by atoms with E-state index in [4.69, 9.17) is 5.73 Å². The largest absolute Gasteiger partial charge is 0.396 e. The van der Waals surface area contributed by atoms with Gasteiger partial charge in [-0.3, -0.25) is 0 Å². The lowest BCUT2D eigenvalue weighted by Crippen LogP contribution is -2.16. The quantitative estimate of drug-likeness (QED) is 0.695. The van der Waals surface area contributed by atoms with Crippen molar-refractivity contribution in [3.05, 3.63) is 18.2 Å². The van der Waals surface area contributed by atoms with Gasteiger partial charge in [0, 0.05) is 13.0 Å². The minimum atomic E-state index is 0.680. The highest BCUT2D eigenvalue weighted by atomic mass is 15.0. The summed E-state index contributed by atoms with van der Waals surface area (Å²) in [5.41, 5.74) is 7.27. The van der Waals surface area contributed by atoms with E-state index in [2.05, 4.69) is 14.9 Å². The monoisotopic (exact) mass is 166 g/mol. The Hall–Kier alpha value is -1.16. The van der Waals surface area contributed by atoms with Gasteiger partial charge in [-0.25, -0.2) is 9.97 Å². The molecule has 66 valence electrons. The first-order valence-corrected chi connectivity index (χ1v) is 3.89. The molecule has 4 nitrogen and oxygen atoms in total. The normalized spacial score (nSPS) is 10.6. The number of nitrogens with zero attached hydrogens (tertiary/aromatic N) is 3. The molecule has 0 aromatic carbocycles. The maximum Gasteiger partial charge on any atom is 0.115 e. The summed E-state index contributed by atoms with van der Waals surface area (Å²) in [6.45, 7) is 0.960. The summed E-state index contributed by atoms with van der Waals surface area (Å²) in [6.07, 6.45) is 4.04. The highest BCUT2D eigenvalue weighted by Crippen LogP contribution is 2.05. The number of aromatic nitrogens is 2. The van der Waals surface area contributed by atoms with Crippen LogP contribution in [0.15, 0.2) is 12.5 Å². The fraction of sp³-hybridized carbons (Fsp3) is 0.500. The number of nitrogens with two attached hydrogens (primary N) is 1. The van der Waals surface area contributed by atoms with Gasteiger partial charge in [0.1, 0.15) is 6.33 Å². The zero-order valence-electron chi connectivity index (χ0n) is 7.49. The summed E-state index contributed by atoms with van der Waals surface area (Å²) in [5, 5.41) is 0. The van der Waals surface area contributed by atoms with Crippen molar-refractivity contribution in [2.45, 2.75) is 6.42 Å². The van der Waals surface area contributed by atoms with Crippen molar-refractivity contribution < 1.29 is 0 Å². The van der Waals surface area contributed by atoms with E-state index in [0.29, 0.717) is 5.69 Å². The first kappa shape index (κ1) is 8.93. The van der Waals surface area contributed by atoms with Gasteiger partial charge in [0.2, 0.25) is 0 Å². The van der Waals surface area contributed by atoms with E-state index in [0.717, 1.165) is 18.7 Å². The number of nitrogen functional groups attached to an aromatic ring is 1. The molecule has 0 atom stereocenters. The number of likely N-dealkylation sites (N-methyl/N-ethyl adjacent to an activating group) is 1. The Morgan fingerprint density at radius 1 is 1.50 bits per heavy atom. The Labute approximate surface area is 72.4 Å². The molecule has 1 rings (SSSR count). The Balaban J connectivity index is 2.57. The maximum atomic E-state index is 5.66. The average Bonchev–Trinajstić information content (AvgIpc) is 2.03. The van der Waals surface area contributed by atoms with Gasteiger partial charge in [-0.1, -0.05) is 0 Å². The molecule has 0 bridgehead atoms. The van der Waals surface area contributed by atoms with Crippen LogP contribution < -0.4 is 5.73 Å². The van der Waals surface area contributed by atoms with Crippen molar-refractivity contribution >= 4 is 5.69 Å². The predicted molar refractivity (Wildman–Crippen MR) is 48.7 cm³/mol. The molecule has 0 spiro atoms. The Kier molecular flexibility index (Phi) is 2.99. The number of hydrogen-bond acceptors (Lipinski definition) is 4. The zero-order chi connectivity index (χ0) is 8.97. The van der Waals surface area contributed by atoms with E-state index in [1.807, 2.05) is 14.1 Å². The third kappa shape index (κ3) is 2.47. The van der Waals surface area contributed by atoms with Gasteiger partial charge in [-0.2, -0.15) is 0 Å². The van der Waals surface area contributed by atoms with Crippen LogP contribution in [0.2, 0.25) is 0 Å². The third-order valence-corrected chi connectivity index (χ3v) is 1.62. The molecule has 0 aliphatic rings. The van der Waals surface area contributed by atoms with Crippen molar-refractivity contribution in [1.29, 1.82) is 0 Å². The molecule has 1 heterocycles. The smallest absolute Gasteiger partial charge is 0.115 e. The molecule has 0 fully saturated rings. The lowest BCUT2D eigenvalue weighted by Gasteiger charge is -2.09. The van der Waals surface area contributed by atoms with Gasteiger partial charge in [0.05, 0.1) is 17.6 Å². The van der Waals surface area contributed by atoms with Crippen LogP contribution in [-0.4, -0.2) is 35.5 Å². The minimum absolute atomic E-state index is 0.680. The standard InChI is InChI=1S/C8H14N4/c1-12(2)4-3-8-7(9)5-10-6-11-8/h5-6H,3-4,9H2,1-2H3. The molecule has 2 N–H and O–H groups in total. The molecule has 0 saturated heterocycles. The van der Waals surface area contributed by atoms with Crippen LogP contribution in [0, 0.1) is 0 Å². The van der Waals surface area contributed by atoms with Crippen LogP contribution in [0.3, 0.4) is 0 Å². The second kappa shape index (κ2) is 4.01. The lowest BCUT2D eigenvalue weighted by molar-refractivity contribution is 0.412. The van der Waals surface area contributed by atoms with Crippen molar-refractivity contribution in [3.8, 4) is 0 Å². The van der Waals surface area contributed by atoms with E-state index in [1.165, 1.54) is 6.33 Å². The van der Waals surface area contributed by atoms with Gasteiger partial charge in [-0.15, -0.1) is 0 Å². The first-order chi connectivity index (χ1) is 5.70. The molecule has 0 aliphatic heterocycles. The predicted octanol–water partition coefficient (Wildman–Crippen LogP) is 0.163. The van der Waals surface area contributed by atoms with Crippen molar-refractivity contribution in [2.75, 3.05) is 26.4 Å². The van der Waals surface area contributed by atoms with E-state index in [9.17, 15) is 0 Å². The van der Waals surface area contributed by atoms with Gasteiger partial charge in [0.25, 0.3) is 0 Å². The Morgan fingerprint density at radius 2 is 2.25 bits per heavy atom. The molecule has 0 amide bonds. The molecular weight excluding hydrogens is 152 g/mol. The fourth-order valence-electron chi connectivity index (χ4n) is 0.904. The summed E-state index contributed by atoms with van der Waals surface area (Å²) in [5.74, 6) is 0. The van der Waals surface area contributed by atoms with Gasteiger partial charge < -0.3 is 10.6 Å². The number of rotatable bonds is 3. The third-order valence-electron chi connectivity index (χ3n) is 1.62. The average molecular weight is 166 g/mol. The summed E-state index contributed by atoms with van der Waals surface area (Å²) in [7, 11) is 4.05. The molecule has 4 heteroatoms. The molecule has 0 saturated carbocycles. The lowest BCUT2D eigenvalue weighted by atomic mass is 10.2. The summed E-state index contributed by atoms with van der Waals surface area (Å²) in [4.78, 5) is 10.0. The number of anilines is 1. The van der Waals surface area contributed by atoms with Crippen LogP contribution in [0.4, 0.5) is 5.69 Å². The van der Waals surface area contributed by atoms with Crippen LogP contribution in [0.1, 0.15) is 5.69 Å². The van der Waals surface area contributed by atoms with Crippen molar-refractivity contribution in [2.24, 2.45) is 0 Å². The maximum absolute atomic E-state index is 5.66. The minimum Gasteiger partial charge on any atom is -0.396 e. The van der Waals surface area contributed by atoms with Gasteiger partial charge in [-0.05, 0) is 14.1 Å². The first-order valence-electron chi connectivity index (χ1n) is 3.89. The van der Waals surface area contributed by atoms with Crippen molar-refractivity contribution in [3.63, 3.8) is 0 Å². The molecule has 1 aromatic heterocycles. The van der Waals surface area contributed by atoms with E-state index >= 15 is 0 Å². The molecule has 0 aliphatic carbocycles. The van der Waals surface area contributed by atoms with Crippen LogP contribution in [0.5, 0.6) is 0 Å². The molecular formula is C8H14N4. The van der Waals surface area contributed by atoms with Crippen LogP contribution >= 0.6 is 0 Å². The molecule has 0 unspecified atom stereocenters. The fourth-order valence-corrected chi connectivity index (χ4v) is 0.904. The topological polar surface area (TPSA) is 55.0 Å². The second-order valence-electron chi connectivity index (χ2n) is 2.98. The van der Waals surface area contributed by atoms with Crippen LogP contribution in [0.25, 0.3) is 0 Å². The van der Waals surface area contributed by atoms with Gasteiger partial charge in [0.15, 0.2) is 0 Å². The van der Waals surface area contributed by atoms with E-state index < -0.39 is 0 Å². The number of hydrogen-bond donors (Lipinski definition) is 1. The SMILES string of the molecule is CN(C)CCc1ncncc1N. The van der Waals surface area contributed by atoms with Crippen LogP contribution in [-0.2, 0) is 6.42 Å². The van der Waals surface area contributed by atoms with Gasteiger partial charge >= 0.3 is 0 Å². The highest BCUT2D eigenvalue weighted by Gasteiger charge is 1.99. The Morgan fingerprint density at radius 3 is 2.83 bits per heavy atom.